The van der Waals surface area contributed by atoms with Gasteiger partial charge in [0.2, 0.25) is 0 Å². The standard InChI is InChI=1S/C24H22N2O4S/c1-15-6-4-7-17(12-15)25-22-21(20-8-5-11-31-20)23(27)26(24(22)28)14-16-9-10-18(29-2)19(13-16)30-3/h4-13,25H,14H2,1-3H3. The van der Waals surface area contributed by atoms with Crippen molar-refractivity contribution in [3.05, 3.63) is 81.7 Å². The van der Waals surface area contributed by atoms with Gasteiger partial charge in [-0.1, -0.05) is 24.3 Å². The van der Waals surface area contributed by atoms with E-state index in [0.29, 0.717) is 22.8 Å². The molecular weight excluding hydrogens is 412 g/mol. The van der Waals surface area contributed by atoms with Gasteiger partial charge in [-0.05, 0) is 53.8 Å². The fourth-order valence-electron chi connectivity index (χ4n) is 3.51. The van der Waals surface area contributed by atoms with E-state index in [4.69, 9.17) is 9.47 Å². The molecule has 0 bridgehead atoms. The zero-order valence-corrected chi connectivity index (χ0v) is 18.3. The van der Waals surface area contributed by atoms with Crippen LogP contribution in [0, 0.1) is 6.92 Å². The Hall–Kier alpha value is -3.58. The maximum absolute atomic E-state index is 13.3. The van der Waals surface area contributed by atoms with Crippen LogP contribution in [0.5, 0.6) is 11.5 Å². The van der Waals surface area contributed by atoms with Gasteiger partial charge in [-0.2, -0.15) is 0 Å². The number of hydrogen-bond donors (Lipinski definition) is 1. The molecule has 31 heavy (non-hydrogen) atoms. The molecule has 0 spiro atoms. The Labute approximate surface area is 184 Å². The molecule has 1 aliphatic rings. The first-order valence-corrected chi connectivity index (χ1v) is 10.6. The van der Waals surface area contributed by atoms with Crippen molar-refractivity contribution in [3.63, 3.8) is 0 Å². The highest BCUT2D eigenvalue weighted by Crippen LogP contribution is 2.35. The average Bonchev–Trinajstić information content (AvgIpc) is 3.37. The molecule has 1 aromatic heterocycles. The predicted molar refractivity (Wildman–Crippen MR) is 121 cm³/mol. The molecule has 3 aromatic rings. The quantitative estimate of drug-likeness (QED) is 0.556. The third kappa shape index (κ3) is 4.04. The van der Waals surface area contributed by atoms with E-state index in [9.17, 15) is 9.59 Å². The number of benzene rings is 2. The first-order valence-electron chi connectivity index (χ1n) is 9.70. The summed E-state index contributed by atoms with van der Waals surface area (Å²) >= 11 is 1.43. The summed E-state index contributed by atoms with van der Waals surface area (Å²) in [5.41, 5.74) is 3.27. The number of amides is 2. The number of aryl methyl sites for hydroxylation is 1. The molecule has 4 rings (SSSR count). The third-order valence-corrected chi connectivity index (χ3v) is 5.90. The van der Waals surface area contributed by atoms with E-state index < -0.39 is 0 Å². The number of imide groups is 1. The van der Waals surface area contributed by atoms with Gasteiger partial charge < -0.3 is 14.8 Å². The smallest absolute Gasteiger partial charge is 0.278 e. The Morgan fingerprint density at radius 1 is 0.935 bits per heavy atom. The highest BCUT2D eigenvalue weighted by Gasteiger charge is 2.39. The van der Waals surface area contributed by atoms with E-state index in [1.165, 1.54) is 16.2 Å². The number of anilines is 1. The predicted octanol–water partition coefficient (Wildman–Crippen LogP) is 4.47. The monoisotopic (exact) mass is 434 g/mol. The third-order valence-electron chi connectivity index (χ3n) is 5.01. The Morgan fingerprint density at radius 3 is 2.42 bits per heavy atom. The van der Waals surface area contributed by atoms with Crippen LogP contribution in [0.2, 0.25) is 0 Å². The van der Waals surface area contributed by atoms with Crippen molar-refractivity contribution in [3.8, 4) is 11.5 Å². The number of nitrogens with one attached hydrogen (secondary N) is 1. The molecule has 2 heterocycles. The summed E-state index contributed by atoms with van der Waals surface area (Å²) in [7, 11) is 3.11. The van der Waals surface area contributed by atoms with Gasteiger partial charge in [-0.15, -0.1) is 11.3 Å². The normalized spacial score (nSPS) is 13.7. The van der Waals surface area contributed by atoms with Gasteiger partial charge in [0.05, 0.1) is 26.3 Å². The fourth-order valence-corrected chi connectivity index (χ4v) is 4.28. The summed E-state index contributed by atoms with van der Waals surface area (Å²) in [5, 5.41) is 5.08. The summed E-state index contributed by atoms with van der Waals surface area (Å²) in [6.07, 6.45) is 0. The average molecular weight is 435 g/mol. The van der Waals surface area contributed by atoms with Gasteiger partial charge in [-0.25, -0.2) is 0 Å². The van der Waals surface area contributed by atoms with E-state index >= 15 is 0 Å². The van der Waals surface area contributed by atoms with Crippen LogP contribution in [0.15, 0.2) is 65.7 Å². The Kier molecular flexibility index (Phi) is 5.77. The zero-order valence-electron chi connectivity index (χ0n) is 17.5. The van der Waals surface area contributed by atoms with Crippen LogP contribution in [0.4, 0.5) is 5.69 Å². The molecule has 0 saturated carbocycles. The second-order valence-corrected chi connectivity index (χ2v) is 8.06. The Bertz CT molecular complexity index is 1170. The van der Waals surface area contributed by atoms with E-state index in [1.807, 2.05) is 54.8 Å². The second-order valence-electron chi connectivity index (χ2n) is 7.11. The van der Waals surface area contributed by atoms with Crippen molar-refractivity contribution in [2.45, 2.75) is 13.5 Å². The lowest BCUT2D eigenvalue weighted by atomic mass is 10.1. The van der Waals surface area contributed by atoms with Crippen molar-refractivity contribution in [1.82, 2.24) is 4.90 Å². The molecule has 0 atom stereocenters. The summed E-state index contributed by atoms with van der Waals surface area (Å²) in [6, 6.07) is 16.8. The van der Waals surface area contributed by atoms with Gasteiger partial charge in [-0.3, -0.25) is 14.5 Å². The molecular formula is C24H22N2O4S. The van der Waals surface area contributed by atoms with Gasteiger partial charge in [0.15, 0.2) is 11.5 Å². The molecule has 0 aliphatic carbocycles. The molecule has 1 N–H and O–H groups in total. The van der Waals surface area contributed by atoms with Crippen LogP contribution in [-0.2, 0) is 16.1 Å². The minimum Gasteiger partial charge on any atom is -0.493 e. The minimum absolute atomic E-state index is 0.131. The van der Waals surface area contributed by atoms with Crippen molar-refractivity contribution >= 4 is 34.4 Å². The van der Waals surface area contributed by atoms with Gasteiger partial charge in [0.25, 0.3) is 11.8 Å². The summed E-state index contributed by atoms with van der Waals surface area (Å²) in [5.74, 6) is 0.454. The van der Waals surface area contributed by atoms with Crippen molar-refractivity contribution < 1.29 is 19.1 Å². The number of carbonyl (C=O) groups is 2. The highest BCUT2D eigenvalue weighted by molar-refractivity contribution is 7.11. The van der Waals surface area contributed by atoms with Gasteiger partial charge >= 0.3 is 0 Å². The van der Waals surface area contributed by atoms with E-state index in [2.05, 4.69) is 5.32 Å². The lowest BCUT2D eigenvalue weighted by molar-refractivity contribution is -0.137. The van der Waals surface area contributed by atoms with E-state index in [1.54, 1.807) is 26.4 Å². The molecule has 0 radical (unpaired) electrons. The van der Waals surface area contributed by atoms with Crippen molar-refractivity contribution in [2.75, 3.05) is 19.5 Å². The highest BCUT2D eigenvalue weighted by atomic mass is 32.1. The van der Waals surface area contributed by atoms with Crippen LogP contribution < -0.4 is 14.8 Å². The zero-order chi connectivity index (χ0) is 22.0. The molecule has 0 fully saturated rings. The lowest BCUT2D eigenvalue weighted by Crippen LogP contribution is -2.32. The topological polar surface area (TPSA) is 67.9 Å². The van der Waals surface area contributed by atoms with Crippen LogP contribution in [0.3, 0.4) is 0 Å². The number of hydrogen-bond acceptors (Lipinski definition) is 6. The first kappa shape index (κ1) is 20.7. The molecule has 6 nitrogen and oxygen atoms in total. The molecule has 0 unspecified atom stereocenters. The summed E-state index contributed by atoms with van der Waals surface area (Å²) < 4.78 is 10.6. The number of methoxy groups -OCH3 is 2. The molecule has 0 saturated heterocycles. The number of thiophene rings is 1. The molecule has 1 aliphatic heterocycles. The van der Waals surface area contributed by atoms with Crippen molar-refractivity contribution in [1.29, 1.82) is 0 Å². The fraction of sp³-hybridized carbons (Fsp3) is 0.167. The maximum Gasteiger partial charge on any atom is 0.278 e. The molecule has 7 heteroatoms. The molecule has 158 valence electrons. The largest absolute Gasteiger partial charge is 0.493 e. The van der Waals surface area contributed by atoms with Gasteiger partial charge in [0, 0.05) is 10.6 Å². The first-order chi connectivity index (χ1) is 15.0. The van der Waals surface area contributed by atoms with E-state index in [-0.39, 0.29) is 18.4 Å². The SMILES string of the molecule is COc1ccc(CN2C(=O)C(Nc3cccc(C)c3)=C(c3cccs3)C2=O)cc1OC. The molecule has 2 amide bonds. The van der Waals surface area contributed by atoms with Crippen LogP contribution in [0.1, 0.15) is 16.0 Å². The summed E-state index contributed by atoms with van der Waals surface area (Å²) in [4.78, 5) is 28.7. The number of carbonyl (C=O) groups excluding carboxylic acids is 2. The summed E-state index contributed by atoms with van der Waals surface area (Å²) in [6.45, 7) is 2.11. The number of nitrogens with zero attached hydrogens (tertiary/aromatic N) is 1. The number of rotatable bonds is 7. The lowest BCUT2D eigenvalue weighted by Gasteiger charge is -2.17. The van der Waals surface area contributed by atoms with Crippen LogP contribution in [-0.4, -0.2) is 30.9 Å². The second kappa shape index (κ2) is 8.65. The minimum atomic E-state index is -0.357. The van der Waals surface area contributed by atoms with Gasteiger partial charge in [0.1, 0.15) is 5.70 Å². The van der Waals surface area contributed by atoms with Crippen LogP contribution in [0.25, 0.3) is 5.57 Å². The Morgan fingerprint density at radius 2 is 1.74 bits per heavy atom. The molecule has 2 aromatic carbocycles. The van der Waals surface area contributed by atoms with E-state index in [0.717, 1.165) is 21.7 Å². The van der Waals surface area contributed by atoms with Crippen molar-refractivity contribution in [2.24, 2.45) is 0 Å². The Balaban J connectivity index is 1.68. The van der Waals surface area contributed by atoms with Crippen LogP contribution >= 0.6 is 11.3 Å². The maximum atomic E-state index is 13.3. The number of ether oxygens (including phenoxy) is 2.